The van der Waals surface area contributed by atoms with Gasteiger partial charge in [-0.2, -0.15) is 9.97 Å². The third kappa shape index (κ3) is 5.70. The number of terminal acetylenes is 1. The van der Waals surface area contributed by atoms with Crippen molar-refractivity contribution in [3.63, 3.8) is 0 Å². The minimum atomic E-state index is -0.751. The molecule has 2 aromatic carbocycles. The number of aliphatic hydroxyl groups excluding tert-OH is 1. The summed E-state index contributed by atoms with van der Waals surface area (Å²) < 4.78 is 49.6. The van der Waals surface area contributed by atoms with Gasteiger partial charge >= 0.3 is 6.01 Å². The van der Waals surface area contributed by atoms with Gasteiger partial charge in [0.1, 0.15) is 28.6 Å². The minimum absolute atomic E-state index is 0.0101. The Morgan fingerprint density at radius 3 is 2.70 bits per heavy atom. The average Bonchev–Trinajstić information content (AvgIpc) is 3.36. The van der Waals surface area contributed by atoms with E-state index in [4.69, 9.17) is 25.6 Å². The van der Waals surface area contributed by atoms with Crippen LogP contribution >= 0.6 is 0 Å². The monoisotopic (exact) mass is 685 g/mol. The van der Waals surface area contributed by atoms with Crippen molar-refractivity contribution in [2.75, 3.05) is 70.7 Å². The lowest BCUT2D eigenvalue weighted by atomic mass is 9.74. The van der Waals surface area contributed by atoms with Crippen LogP contribution in [0.5, 0.6) is 11.8 Å². The van der Waals surface area contributed by atoms with Gasteiger partial charge in [0.2, 0.25) is 0 Å². The lowest BCUT2D eigenvalue weighted by Crippen LogP contribution is -2.59. The Morgan fingerprint density at radius 1 is 1.04 bits per heavy atom. The van der Waals surface area contributed by atoms with Gasteiger partial charge in [0.25, 0.3) is 0 Å². The molecule has 0 unspecified atom stereocenters. The van der Waals surface area contributed by atoms with Gasteiger partial charge < -0.3 is 29.3 Å². The number of phenols is 1. The molecule has 2 atom stereocenters. The number of aromatic nitrogens is 3. The van der Waals surface area contributed by atoms with Crippen molar-refractivity contribution in [3.05, 3.63) is 47.7 Å². The summed E-state index contributed by atoms with van der Waals surface area (Å²) in [7, 11) is 0. The van der Waals surface area contributed by atoms with Crippen molar-refractivity contribution in [3.8, 4) is 35.4 Å². The molecular weight excluding hydrogens is 644 g/mol. The summed E-state index contributed by atoms with van der Waals surface area (Å²) in [6.45, 7) is 5.70. The number of aliphatic hydroxyl groups is 1. The van der Waals surface area contributed by atoms with Crippen LogP contribution in [0.3, 0.4) is 0 Å². The predicted molar refractivity (Wildman–Crippen MR) is 184 cm³/mol. The van der Waals surface area contributed by atoms with Gasteiger partial charge in [-0.05, 0) is 62.2 Å². The Balaban J connectivity index is 1.20. The first-order chi connectivity index (χ1) is 24.3. The molecule has 3 saturated heterocycles. The average molecular weight is 686 g/mol. The highest BCUT2D eigenvalue weighted by Crippen LogP contribution is 2.49. The standard InChI is InChI=1S/C38H41F2N5O5/c1-2-26-29(39)8-7-24-16-25(47)17-27(31(24)26)33-32(40)34-28(18-41-33)35(44-12-5-14-48-15-13-44)43-36(42-34)50-23-38-9-3-6-30(38)45(11-4-10-38)19-37(20-46)21-49-22-37/h1,7-8,16-18,30,46-47H,3-6,9-15,19-23H2/t30-,38-/m1/s1. The number of likely N-dealkylation sites (tertiary alicyclic amines) is 1. The van der Waals surface area contributed by atoms with Gasteiger partial charge in [0.15, 0.2) is 5.82 Å². The van der Waals surface area contributed by atoms with Gasteiger partial charge in [0, 0.05) is 54.8 Å². The molecule has 1 saturated carbocycles. The molecule has 10 nitrogen and oxygen atoms in total. The number of pyridine rings is 1. The van der Waals surface area contributed by atoms with E-state index in [2.05, 4.69) is 20.8 Å². The van der Waals surface area contributed by atoms with E-state index >= 15 is 4.39 Å². The first-order valence-corrected chi connectivity index (χ1v) is 17.5. The van der Waals surface area contributed by atoms with Gasteiger partial charge in [-0.25, -0.2) is 8.78 Å². The SMILES string of the molecule is C#Cc1c(F)ccc2cc(O)cc(-c3ncc4c(N5CCCOCC5)nc(OC[C@]56CCC[C@H]5N(CC5(CO)COC5)CCC6)nc4c3F)c12. The zero-order valence-electron chi connectivity index (χ0n) is 28.0. The highest BCUT2D eigenvalue weighted by atomic mass is 19.1. The fourth-order valence-electron chi connectivity index (χ4n) is 8.69. The maximum absolute atomic E-state index is 16.9. The minimum Gasteiger partial charge on any atom is -0.508 e. The summed E-state index contributed by atoms with van der Waals surface area (Å²) in [5, 5.41) is 21.9. The number of nitrogens with zero attached hydrogens (tertiary/aromatic N) is 5. The second-order valence-corrected chi connectivity index (χ2v) is 14.4. The highest BCUT2D eigenvalue weighted by molar-refractivity contribution is 6.03. The molecule has 3 aliphatic heterocycles. The molecule has 5 heterocycles. The van der Waals surface area contributed by atoms with E-state index in [1.165, 1.54) is 30.5 Å². The molecule has 12 heteroatoms. The Morgan fingerprint density at radius 2 is 1.90 bits per heavy atom. The van der Waals surface area contributed by atoms with E-state index < -0.39 is 11.6 Å². The number of anilines is 1. The van der Waals surface area contributed by atoms with E-state index in [0.717, 1.165) is 51.6 Å². The lowest BCUT2D eigenvalue weighted by Gasteiger charge is -2.51. The predicted octanol–water partition coefficient (Wildman–Crippen LogP) is 5.06. The molecule has 2 aromatic heterocycles. The van der Waals surface area contributed by atoms with E-state index in [-0.39, 0.29) is 56.9 Å². The fraction of sp³-hybridized carbons (Fsp3) is 0.500. The summed E-state index contributed by atoms with van der Waals surface area (Å²) in [6, 6.07) is 5.88. The lowest BCUT2D eigenvalue weighted by molar-refractivity contribution is -0.159. The third-order valence-corrected chi connectivity index (χ3v) is 11.2. The molecule has 50 heavy (non-hydrogen) atoms. The van der Waals surface area contributed by atoms with Crippen LogP contribution in [0.2, 0.25) is 0 Å². The zero-order valence-corrected chi connectivity index (χ0v) is 28.0. The Hall–Kier alpha value is -4.15. The maximum atomic E-state index is 16.9. The van der Waals surface area contributed by atoms with E-state index in [1.807, 2.05) is 4.90 Å². The quantitative estimate of drug-likeness (QED) is 0.244. The first kappa shape index (κ1) is 33.0. The molecule has 0 amide bonds. The number of piperidine rings is 1. The number of benzene rings is 2. The van der Waals surface area contributed by atoms with Crippen molar-refractivity contribution in [2.24, 2.45) is 10.8 Å². The first-order valence-electron chi connectivity index (χ1n) is 17.5. The van der Waals surface area contributed by atoms with Crippen LogP contribution in [0, 0.1) is 34.8 Å². The van der Waals surface area contributed by atoms with Crippen molar-refractivity contribution in [2.45, 2.75) is 44.6 Å². The summed E-state index contributed by atoms with van der Waals surface area (Å²) >= 11 is 0. The van der Waals surface area contributed by atoms with Crippen LogP contribution in [-0.4, -0.2) is 102 Å². The number of hydrogen-bond donors (Lipinski definition) is 2. The van der Waals surface area contributed by atoms with Crippen molar-refractivity contribution in [1.29, 1.82) is 0 Å². The molecular formula is C38H41F2N5O5. The second-order valence-electron chi connectivity index (χ2n) is 14.4. The molecule has 0 radical (unpaired) electrons. The third-order valence-electron chi connectivity index (χ3n) is 11.2. The van der Waals surface area contributed by atoms with Crippen LogP contribution < -0.4 is 9.64 Å². The topological polar surface area (TPSA) is 113 Å². The molecule has 4 fully saturated rings. The molecule has 8 rings (SSSR count). The molecule has 2 N–H and O–H groups in total. The van der Waals surface area contributed by atoms with Gasteiger partial charge in [0.05, 0.1) is 49.4 Å². The van der Waals surface area contributed by atoms with E-state index in [9.17, 15) is 14.6 Å². The van der Waals surface area contributed by atoms with Gasteiger partial charge in [-0.3, -0.25) is 9.88 Å². The largest absolute Gasteiger partial charge is 0.508 e. The number of phenolic OH excluding ortho intramolecular Hbond substituents is 1. The molecule has 1 aliphatic carbocycles. The Labute approximate surface area is 289 Å². The van der Waals surface area contributed by atoms with Crippen molar-refractivity contribution >= 4 is 27.5 Å². The molecule has 262 valence electrons. The Kier molecular flexibility index (Phi) is 8.71. The fourth-order valence-corrected chi connectivity index (χ4v) is 8.69. The van der Waals surface area contributed by atoms with Gasteiger partial charge in [-0.15, -0.1) is 6.42 Å². The smallest absolute Gasteiger partial charge is 0.319 e. The molecule has 4 aliphatic rings. The van der Waals surface area contributed by atoms with E-state index in [0.29, 0.717) is 68.8 Å². The number of ether oxygens (including phenoxy) is 3. The number of hydrogen-bond acceptors (Lipinski definition) is 10. The number of aromatic hydroxyl groups is 1. The van der Waals surface area contributed by atoms with Crippen LogP contribution in [0.1, 0.15) is 44.1 Å². The number of halogens is 2. The maximum Gasteiger partial charge on any atom is 0.319 e. The van der Waals surface area contributed by atoms with Gasteiger partial charge in [-0.1, -0.05) is 18.4 Å². The van der Waals surface area contributed by atoms with E-state index in [1.54, 1.807) is 0 Å². The molecule has 4 aromatic rings. The summed E-state index contributed by atoms with van der Waals surface area (Å²) in [6.07, 6.45) is 13.1. The summed E-state index contributed by atoms with van der Waals surface area (Å²) in [5.41, 5.74) is -0.327. The zero-order chi connectivity index (χ0) is 34.5. The van der Waals surface area contributed by atoms with Crippen molar-refractivity contribution in [1.82, 2.24) is 19.9 Å². The Bertz CT molecular complexity index is 1970. The van der Waals surface area contributed by atoms with Crippen molar-refractivity contribution < 1.29 is 33.2 Å². The highest BCUT2D eigenvalue weighted by Gasteiger charge is 2.51. The van der Waals surface area contributed by atoms with Crippen LogP contribution in [0.4, 0.5) is 14.6 Å². The number of rotatable bonds is 8. The van der Waals surface area contributed by atoms with Crippen LogP contribution in [0.25, 0.3) is 32.9 Å². The van der Waals surface area contributed by atoms with Crippen LogP contribution in [0.15, 0.2) is 30.5 Å². The summed E-state index contributed by atoms with van der Waals surface area (Å²) in [4.78, 5) is 18.6. The molecule has 0 bridgehead atoms. The van der Waals surface area contributed by atoms with Crippen LogP contribution in [-0.2, 0) is 9.47 Å². The molecule has 0 spiro atoms. The number of fused-ring (bicyclic) bond motifs is 3. The normalized spacial score (nSPS) is 23.7. The second kappa shape index (κ2) is 13.2. The summed E-state index contributed by atoms with van der Waals surface area (Å²) in [5.74, 6) is 1.38.